The predicted octanol–water partition coefficient (Wildman–Crippen LogP) is 8.27. The van der Waals surface area contributed by atoms with E-state index in [9.17, 15) is 9.59 Å². The summed E-state index contributed by atoms with van der Waals surface area (Å²) in [6.45, 7) is 10.3. The summed E-state index contributed by atoms with van der Waals surface area (Å²) in [6.07, 6.45) is 7.84. The van der Waals surface area contributed by atoms with E-state index in [0.717, 1.165) is 72.1 Å². The number of carbonyl (C=O) groups excluding carboxylic acids is 2. The minimum Gasteiger partial charge on any atom is -0.494 e. The summed E-state index contributed by atoms with van der Waals surface area (Å²) in [5, 5.41) is 0.885. The van der Waals surface area contributed by atoms with Crippen molar-refractivity contribution in [3.8, 4) is 45.3 Å². The van der Waals surface area contributed by atoms with Gasteiger partial charge in [0.2, 0.25) is 18.0 Å². The molecule has 0 bridgehead atoms. The maximum absolute atomic E-state index is 16.9. The third kappa shape index (κ3) is 8.52. The van der Waals surface area contributed by atoms with Crippen LogP contribution in [-0.4, -0.2) is 91.6 Å². The van der Waals surface area contributed by atoms with Gasteiger partial charge in [0, 0.05) is 48.9 Å². The van der Waals surface area contributed by atoms with E-state index < -0.39 is 24.1 Å². The highest BCUT2D eigenvalue weighted by Gasteiger charge is 2.38. The molecule has 15 heteroatoms. The number of methoxy groups -OCH3 is 1. The standard InChI is InChI=1S/C50H60FN9O5/c1-28(2)44(52)48(61)58-17-9-13-39(58)46-54-26-36(56-46)30-15-16-38-33(21-30)24-41-43-35(51)23-32(37-27-55-47(57-37)40-14-10-18-59(40)49(62)45(53)29(3)4)25-42(43)65-50(60(38)41)31-11-8-12-34(22-31)64-20-7-6-19-63-5/h8,11-12,15-16,21-29,39-40,44-45,50H,6-7,9-10,13-14,17-20,52-53H2,1-5H3,(H,54,56)(H,55,57)/t39-,40-,44-,45-,50?/m0/s1. The van der Waals surface area contributed by atoms with Gasteiger partial charge >= 0.3 is 0 Å². The first kappa shape index (κ1) is 44.2. The Balaban J connectivity index is 1.07. The molecule has 5 atom stereocenters. The monoisotopic (exact) mass is 885 g/mol. The van der Waals surface area contributed by atoms with Gasteiger partial charge in [-0.15, -0.1) is 0 Å². The molecule has 3 aromatic carbocycles. The maximum atomic E-state index is 16.9. The van der Waals surface area contributed by atoms with Crippen LogP contribution < -0.4 is 20.9 Å². The number of imidazole rings is 2. The van der Waals surface area contributed by atoms with Gasteiger partial charge in [0.1, 0.15) is 29.0 Å². The van der Waals surface area contributed by atoms with E-state index in [1.807, 2.05) is 96.8 Å². The Morgan fingerprint density at radius 1 is 0.815 bits per heavy atom. The number of aromatic amines is 2. The second-order valence-corrected chi connectivity index (χ2v) is 18.4. The number of amides is 2. The van der Waals surface area contributed by atoms with Crippen molar-refractivity contribution in [2.24, 2.45) is 23.3 Å². The minimum atomic E-state index is -0.671. The molecule has 0 saturated carbocycles. The van der Waals surface area contributed by atoms with Crippen LogP contribution in [0.2, 0.25) is 0 Å². The fourth-order valence-corrected chi connectivity index (χ4v) is 9.50. The smallest absolute Gasteiger partial charge is 0.240 e. The summed E-state index contributed by atoms with van der Waals surface area (Å²) in [4.78, 5) is 46.7. The lowest BCUT2D eigenvalue weighted by Gasteiger charge is -2.31. The van der Waals surface area contributed by atoms with Crippen LogP contribution in [-0.2, 0) is 14.3 Å². The van der Waals surface area contributed by atoms with Gasteiger partial charge < -0.3 is 50.0 Å². The number of hydrogen-bond donors (Lipinski definition) is 4. The van der Waals surface area contributed by atoms with Crippen molar-refractivity contribution in [1.29, 1.82) is 0 Å². The van der Waals surface area contributed by atoms with Gasteiger partial charge in [0.05, 0.1) is 71.3 Å². The zero-order valence-electron chi connectivity index (χ0n) is 37.9. The highest BCUT2D eigenvalue weighted by molar-refractivity contribution is 5.93. The Hall–Kier alpha value is -6.03. The first-order valence-electron chi connectivity index (χ1n) is 23.0. The molecule has 2 saturated heterocycles. The molecule has 1 unspecified atom stereocenters. The number of aromatic nitrogens is 5. The van der Waals surface area contributed by atoms with Gasteiger partial charge in [0.25, 0.3) is 0 Å². The van der Waals surface area contributed by atoms with Gasteiger partial charge in [-0.3, -0.25) is 9.59 Å². The molecular weight excluding hydrogens is 826 g/mol. The second kappa shape index (κ2) is 18.5. The maximum Gasteiger partial charge on any atom is 0.240 e. The zero-order chi connectivity index (χ0) is 45.5. The largest absolute Gasteiger partial charge is 0.494 e. The average molecular weight is 886 g/mol. The number of halogens is 1. The van der Waals surface area contributed by atoms with Crippen LogP contribution >= 0.6 is 0 Å². The molecule has 9 rings (SSSR count). The molecule has 6 aromatic rings. The van der Waals surface area contributed by atoms with Gasteiger partial charge in [0.15, 0.2) is 0 Å². The molecule has 2 fully saturated rings. The van der Waals surface area contributed by atoms with E-state index in [2.05, 4.69) is 16.0 Å². The first-order valence-corrected chi connectivity index (χ1v) is 23.0. The number of rotatable bonds is 15. The highest BCUT2D eigenvalue weighted by atomic mass is 19.1. The van der Waals surface area contributed by atoms with Crippen molar-refractivity contribution in [2.45, 2.75) is 96.6 Å². The molecule has 3 aliphatic heterocycles. The fourth-order valence-electron chi connectivity index (χ4n) is 9.50. The summed E-state index contributed by atoms with van der Waals surface area (Å²) >= 11 is 0. The van der Waals surface area contributed by atoms with E-state index in [4.69, 9.17) is 35.6 Å². The van der Waals surface area contributed by atoms with Crippen molar-refractivity contribution in [2.75, 3.05) is 33.4 Å². The fraction of sp³-hybridized carbons (Fsp3) is 0.440. The van der Waals surface area contributed by atoms with Gasteiger partial charge in [-0.2, -0.15) is 0 Å². The van der Waals surface area contributed by atoms with Crippen LogP contribution in [0, 0.1) is 17.7 Å². The molecule has 2 amide bonds. The molecule has 0 spiro atoms. The molecule has 6 N–H and O–H groups in total. The van der Waals surface area contributed by atoms with E-state index in [-0.39, 0.29) is 35.7 Å². The molecule has 0 aliphatic carbocycles. The van der Waals surface area contributed by atoms with Crippen LogP contribution in [0.1, 0.15) is 102 Å². The summed E-state index contributed by atoms with van der Waals surface area (Å²) < 4.78 is 37.2. The molecule has 14 nitrogen and oxygen atoms in total. The summed E-state index contributed by atoms with van der Waals surface area (Å²) in [7, 11) is 1.69. The number of benzene rings is 3. The Morgan fingerprint density at radius 2 is 1.45 bits per heavy atom. The van der Waals surface area contributed by atoms with E-state index in [0.29, 0.717) is 66.1 Å². The van der Waals surface area contributed by atoms with Crippen molar-refractivity contribution < 1.29 is 28.2 Å². The minimum absolute atomic E-state index is 0.00617. The Bertz CT molecular complexity index is 2690. The number of H-pyrrole nitrogens is 2. The lowest BCUT2D eigenvalue weighted by molar-refractivity contribution is -0.135. The number of ether oxygens (including phenoxy) is 3. The number of nitrogens with zero attached hydrogens (tertiary/aromatic N) is 5. The number of hydrogen-bond acceptors (Lipinski definition) is 9. The van der Waals surface area contributed by atoms with Crippen molar-refractivity contribution in [3.05, 3.63) is 96.1 Å². The van der Waals surface area contributed by atoms with Gasteiger partial charge in [-0.25, -0.2) is 14.4 Å². The van der Waals surface area contributed by atoms with Gasteiger partial charge in [-0.05, 0) is 92.8 Å². The molecule has 342 valence electrons. The topological polar surface area (TPSA) is 183 Å². The van der Waals surface area contributed by atoms with E-state index in [1.165, 1.54) is 6.07 Å². The molecule has 3 aliphatic rings. The van der Waals surface area contributed by atoms with Crippen molar-refractivity contribution >= 4 is 22.7 Å². The zero-order valence-corrected chi connectivity index (χ0v) is 37.9. The number of likely N-dealkylation sites (tertiary alicyclic amines) is 2. The molecular formula is C50H60FN9O5. The lowest BCUT2D eigenvalue weighted by Crippen LogP contribution is -2.46. The summed E-state index contributed by atoms with van der Waals surface area (Å²) in [5.41, 5.74) is 18.2. The third-order valence-electron chi connectivity index (χ3n) is 13.3. The Morgan fingerprint density at radius 3 is 2.08 bits per heavy atom. The summed E-state index contributed by atoms with van der Waals surface area (Å²) in [5.74, 6) is 1.91. The lowest BCUT2D eigenvalue weighted by atomic mass is 10.0. The molecule has 65 heavy (non-hydrogen) atoms. The Labute approximate surface area is 378 Å². The molecule has 0 radical (unpaired) electrons. The van der Waals surface area contributed by atoms with E-state index in [1.54, 1.807) is 13.3 Å². The number of carbonyl (C=O) groups is 2. The van der Waals surface area contributed by atoms with E-state index >= 15 is 4.39 Å². The number of nitrogens with two attached hydrogens (primary N) is 2. The second-order valence-electron chi connectivity index (χ2n) is 18.4. The van der Waals surface area contributed by atoms with Crippen LogP contribution in [0.3, 0.4) is 0 Å². The highest BCUT2D eigenvalue weighted by Crippen LogP contribution is 2.48. The first-order chi connectivity index (χ1) is 31.4. The molecule has 3 aromatic heterocycles. The van der Waals surface area contributed by atoms with Crippen molar-refractivity contribution in [3.63, 3.8) is 0 Å². The van der Waals surface area contributed by atoms with Crippen LogP contribution in [0.4, 0.5) is 4.39 Å². The summed E-state index contributed by atoms with van der Waals surface area (Å²) in [6, 6.07) is 17.8. The number of fused-ring (bicyclic) bond motifs is 5. The quantitative estimate of drug-likeness (QED) is 0.0738. The van der Waals surface area contributed by atoms with Crippen LogP contribution in [0.15, 0.2) is 73.1 Å². The van der Waals surface area contributed by atoms with Crippen LogP contribution in [0.5, 0.6) is 11.5 Å². The third-order valence-corrected chi connectivity index (χ3v) is 13.3. The predicted molar refractivity (Wildman–Crippen MR) is 247 cm³/mol. The number of nitrogens with one attached hydrogen (secondary N) is 2. The van der Waals surface area contributed by atoms with Crippen LogP contribution in [0.25, 0.3) is 44.7 Å². The SMILES string of the molecule is COCCCCOc1cccc(C2Oc3cc(-c4cnc([C@@H]5CCCN5C(=O)[C@@H](N)C(C)C)[nH]4)cc(F)c3-c3cc4cc(-c5cnc([C@@H]6CCCN6C(=O)[C@@H](N)C(C)C)[nH]5)ccc4n32)c1. The van der Waals surface area contributed by atoms with Crippen molar-refractivity contribution in [1.82, 2.24) is 34.3 Å². The normalized spacial score (nSPS) is 19.2. The Kier molecular flexibility index (Phi) is 12.5. The average Bonchev–Trinajstić information content (AvgIpc) is 4.16. The molecule has 6 heterocycles. The van der Waals surface area contributed by atoms with Gasteiger partial charge in [-0.1, -0.05) is 45.9 Å². The number of unbranched alkanes of at least 4 members (excludes halogenated alkanes) is 1.